The van der Waals surface area contributed by atoms with Crippen molar-refractivity contribution in [1.82, 2.24) is 0 Å². The van der Waals surface area contributed by atoms with Crippen molar-refractivity contribution in [3.63, 3.8) is 0 Å². The molecule has 0 saturated carbocycles. The van der Waals surface area contributed by atoms with E-state index in [1.165, 1.54) is 12.1 Å². The van der Waals surface area contributed by atoms with E-state index in [4.69, 9.17) is 0 Å². The Hall–Kier alpha value is -0.320. The molecule has 0 N–H and O–H groups in total. The molecule has 3 heteroatoms. The molecule has 0 spiro atoms. The quantitative estimate of drug-likeness (QED) is 0.705. The van der Waals surface area contributed by atoms with E-state index in [0.717, 1.165) is 9.26 Å². The third-order valence-corrected chi connectivity index (χ3v) is 1.99. The lowest BCUT2D eigenvalue weighted by Gasteiger charge is -2.12. The summed E-state index contributed by atoms with van der Waals surface area (Å²) in [5, 5.41) is 0. The van der Waals surface area contributed by atoms with E-state index in [9.17, 15) is 4.39 Å². The Labute approximate surface area is 79.3 Å². The highest BCUT2D eigenvalue weighted by Crippen LogP contribution is 2.17. The van der Waals surface area contributed by atoms with Gasteiger partial charge in [-0.05, 0) is 40.8 Å². The first-order valence-corrected chi connectivity index (χ1v) is 4.31. The van der Waals surface area contributed by atoms with Crippen LogP contribution in [-0.2, 0) is 0 Å². The van der Waals surface area contributed by atoms with Gasteiger partial charge in [-0.2, -0.15) is 0 Å². The zero-order valence-corrected chi connectivity index (χ0v) is 8.59. The van der Waals surface area contributed by atoms with Crippen LogP contribution in [0.2, 0.25) is 0 Å². The van der Waals surface area contributed by atoms with Gasteiger partial charge in [-0.3, -0.25) is 0 Å². The van der Waals surface area contributed by atoms with Gasteiger partial charge >= 0.3 is 0 Å². The van der Waals surface area contributed by atoms with Crippen LogP contribution in [0.25, 0.3) is 0 Å². The molecule has 1 nitrogen and oxygen atoms in total. The number of halogens is 2. The van der Waals surface area contributed by atoms with E-state index < -0.39 is 0 Å². The van der Waals surface area contributed by atoms with Crippen molar-refractivity contribution in [1.29, 1.82) is 0 Å². The van der Waals surface area contributed by atoms with Gasteiger partial charge in [-0.25, -0.2) is 4.39 Å². The zero-order chi connectivity index (χ0) is 8.43. The first-order chi connectivity index (χ1) is 5.09. The minimum Gasteiger partial charge on any atom is -0.378 e. The Morgan fingerprint density at radius 3 is 2.36 bits per heavy atom. The average molecular weight is 265 g/mol. The summed E-state index contributed by atoms with van der Waals surface area (Å²) in [7, 11) is 3.79. The molecule has 0 amide bonds. The minimum absolute atomic E-state index is 0.180. The predicted molar refractivity (Wildman–Crippen MR) is 53.4 cm³/mol. The minimum atomic E-state index is -0.180. The smallest absolute Gasteiger partial charge is 0.126 e. The van der Waals surface area contributed by atoms with Crippen LogP contribution in [0.4, 0.5) is 10.1 Å². The van der Waals surface area contributed by atoms with Gasteiger partial charge in [-0.1, -0.05) is 0 Å². The molecule has 0 heterocycles. The molecule has 1 aromatic rings. The maximum atomic E-state index is 12.8. The molecule has 0 atom stereocenters. The van der Waals surface area contributed by atoms with Gasteiger partial charge in [0.2, 0.25) is 0 Å². The van der Waals surface area contributed by atoms with Crippen LogP contribution in [0.1, 0.15) is 0 Å². The van der Waals surface area contributed by atoms with Crippen molar-refractivity contribution in [3.8, 4) is 0 Å². The topological polar surface area (TPSA) is 3.24 Å². The average Bonchev–Trinajstić information content (AvgIpc) is 1.85. The maximum absolute atomic E-state index is 12.8. The summed E-state index contributed by atoms with van der Waals surface area (Å²) in [6.45, 7) is 0. The van der Waals surface area contributed by atoms with Crippen molar-refractivity contribution >= 4 is 28.3 Å². The van der Waals surface area contributed by atoms with Crippen molar-refractivity contribution < 1.29 is 4.39 Å². The summed E-state index contributed by atoms with van der Waals surface area (Å²) < 4.78 is 13.7. The molecule has 0 fully saturated rings. The summed E-state index contributed by atoms with van der Waals surface area (Å²) >= 11 is 2.10. The van der Waals surface area contributed by atoms with Gasteiger partial charge in [0.25, 0.3) is 0 Å². The Balaban J connectivity index is 3.08. The number of nitrogens with zero attached hydrogens (tertiary/aromatic N) is 1. The normalized spacial score (nSPS) is 9.82. The van der Waals surface area contributed by atoms with Crippen molar-refractivity contribution in [3.05, 3.63) is 27.6 Å². The predicted octanol–water partition coefficient (Wildman–Crippen LogP) is 2.50. The van der Waals surface area contributed by atoms with Crippen LogP contribution < -0.4 is 4.90 Å². The van der Waals surface area contributed by atoms with Crippen LogP contribution in [0.5, 0.6) is 0 Å². The standard InChI is InChI=1S/C8H9FIN/c1-11(2)8-4-6(9)3-7(10)5-8/h3-5H,1-2H3. The Kier molecular flexibility index (Phi) is 2.70. The first kappa shape index (κ1) is 8.77. The maximum Gasteiger partial charge on any atom is 0.126 e. The zero-order valence-electron chi connectivity index (χ0n) is 6.44. The van der Waals surface area contributed by atoms with Gasteiger partial charge in [0, 0.05) is 23.4 Å². The van der Waals surface area contributed by atoms with Crippen molar-refractivity contribution in [2.24, 2.45) is 0 Å². The van der Waals surface area contributed by atoms with Crippen LogP contribution >= 0.6 is 22.6 Å². The van der Waals surface area contributed by atoms with Crippen LogP contribution in [0, 0.1) is 9.39 Å². The van der Waals surface area contributed by atoms with E-state index in [-0.39, 0.29) is 5.82 Å². The van der Waals surface area contributed by atoms with Crippen LogP contribution in [0.15, 0.2) is 18.2 Å². The summed E-state index contributed by atoms with van der Waals surface area (Å²) in [6, 6.07) is 4.96. The molecule has 0 unspecified atom stereocenters. The van der Waals surface area contributed by atoms with E-state index in [1.807, 2.05) is 25.1 Å². The SMILES string of the molecule is CN(C)c1cc(F)cc(I)c1. The van der Waals surface area contributed by atoms with Gasteiger partial charge in [0.05, 0.1) is 0 Å². The fraction of sp³-hybridized carbons (Fsp3) is 0.250. The molecule has 0 aromatic heterocycles. The molecule has 0 aliphatic carbocycles. The number of hydrogen-bond donors (Lipinski definition) is 0. The van der Waals surface area contributed by atoms with Crippen LogP contribution in [-0.4, -0.2) is 14.1 Å². The summed E-state index contributed by atoms with van der Waals surface area (Å²) in [4.78, 5) is 1.88. The second-order valence-corrected chi connectivity index (χ2v) is 3.77. The molecule has 1 aromatic carbocycles. The molecule has 0 aliphatic heterocycles. The number of hydrogen-bond acceptors (Lipinski definition) is 1. The molecule has 0 aliphatic rings. The molecule has 0 radical (unpaired) electrons. The Morgan fingerprint density at radius 2 is 1.91 bits per heavy atom. The van der Waals surface area contributed by atoms with E-state index in [2.05, 4.69) is 22.6 Å². The molecule has 1 rings (SSSR count). The summed E-state index contributed by atoms with van der Waals surface area (Å²) in [6.07, 6.45) is 0. The molecular formula is C8H9FIN. The molecule has 0 saturated heterocycles. The lowest BCUT2D eigenvalue weighted by atomic mass is 10.3. The lowest BCUT2D eigenvalue weighted by Crippen LogP contribution is -2.08. The summed E-state index contributed by atoms with van der Waals surface area (Å²) in [5.41, 5.74) is 0.898. The largest absolute Gasteiger partial charge is 0.378 e. The molecule has 60 valence electrons. The number of benzene rings is 1. The van der Waals surface area contributed by atoms with Crippen LogP contribution in [0.3, 0.4) is 0 Å². The van der Waals surface area contributed by atoms with Gasteiger partial charge in [0.15, 0.2) is 0 Å². The number of rotatable bonds is 1. The molecule has 11 heavy (non-hydrogen) atoms. The Morgan fingerprint density at radius 1 is 1.27 bits per heavy atom. The highest BCUT2D eigenvalue weighted by atomic mass is 127. The fourth-order valence-corrected chi connectivity index (χ4v) is 1.41. The summed E-state index contributed by atoms with van der Waals surface area (Å²) in [5.74, 6) is -0.180. The van der Waals surface area contributed by atoms with E-state index in [1.54, 1.807) is 0 Å². The second-order valence-electron chi connectivity index (χ2n) is 2.52. The lowest BCUT2D eigenvalue weighted by molar-refractivity contribution is 0.626. The van der Waals surface area contributed by atoms with Gasteiger partial charge in [0.1, 0.15) is 5.82 Å². The highest BCUT2D eigenvalue weighted by Gasteiger charge is 1.99. The molecular weight excluding hydrogens is 256 g/mol. The first-order valence-electron chi connectivity index (χ1n) is 3.23. The fourth-order valence-electron chi connectivity index (χ4n) is 0.797. The third-order valence-electron chi connectivity index (χ3n) is 1.36. The Bertz CT molecular complexity index is 240. The van der Waals surface area contributed by atoms with E-state index >= 15 is 0 Å². The van der Waals surface area contributed by atoms with Crippen molar-refractivity contribution in [2.75, 3.05) is 19.0 Å². The highest BCUT2D eigenvalue weighted by molar-refractivity contribution is 14.1. The van der Waals surface area contributed by atoms with Gasteiger partial charge < -0.3 is 4.90 Å². The van der Waals surface area contributed by atoms with Gasteiger partial charge in [-0.15, -0.1) is 0 Å². The molecule has 0 bridgehead atoms. The van der Waals surface area contributed by atoms with E-state index in [0.29, 0.717) is 0 Å². The van der Waals surface area contributed by atoms with Crippen molar-refractivity contribution in [2.45, 2.75) is 0 Å². The second kappa shape index (κ2) is 3.38. The number of anilines is 1. The third kappa shape index (κ3) is 2.32. The monoisotopic (exact) mass is 265 g/mol.